The van der Waals surface area contributed by atoms with Gasteiger partial charge in [0.2, 0.25) is 17.7 Å². The van der Waals surface area contributed by atoms with Gasteiger partial charge in [-0.15, -0.1) is 0 Å². The van der Waals surface area contributed by atoms with Crippen molar-refractivity contribution in [3.8, 4) is 0 Å². The van der Waals surface area contributed by atoms with Crippen LogP contribution in [0.15, 0.2) is 36.4 Å². The minimum absolute atomic E-state index is 0.292. The summed E-state index contributed by atoms with van der Waals surface area (Å²) in [6.45, 7) is 1.95. The zero-order valence-electron chi connectivity index (χ0n) is 13.0. The Kier molecular flexibility index (Phi) is 5.51. The summed E-state index contributed by atoms with van der Waals surface area (Å²) >= 11 is 0. The molecule has 122 valence electrons. The van der Waals surface area contributed by atoms with Crippen LogP contribution in [0.5, 0.6) is 0 Å². The highest BCUT2D eigenvalue weighted by Crippen LogP contribution is 2.19. The van der Waals surface area contributed by atoms with Crippen molar-refractivity contribution in [2.24, 2.45) is 11.7 Å². The number of nitrogens with one attached hydrogen (secondary N) is 2. The second kappa shape index (κ2) is 7.58. The Hall–Kier alpha value is -2.63. The van der Waals surface area contributed by atoms with Crippen LogP contribution in [0, 0.1) is 12.8 Å². The maximum Gasteiger partial charge on any atom is 0.233 e. The molecular weight excluding hydrogens is 294 g/mol. The monoisotopic (exact) mass is 315 g/mol. The van der Waals surface area contributed by atoms with E-state index in [0.29, 0.717) is 18.5 Å². The highest BCUT2D eigenvalue weighted by molar-refractivity contribution is 6.03. The lowest BCUT2D eigenvalue weighted by molar-refractivity contribution is -0.128. The number of amides is 3. The Morgan fingerprint density at radius 3 is 2.39 bits per heavy atom. The van der Waals surface area contributed by atoms with Gasteiger partial charge in [0.15, 0.2) is 0 Å². The second-order valence-electron chi connectivity index (χ2n) is 5.72. The predicted molar refractivity (Wildman–Crippen MR) is 87.4 cm³/mol. The van der Waals surface area contributed by atoms with Crippen molar-refractivity contribution in [3.63, 3.8) is 0 Å². The molecule has 3 amide bonds. The number of allylic oxidation sites excluding steroid dienone is 1. The van der Waals surface area contributed by atoms with E-state index >= 15 is 0 Å². The number of hydrogen-bond acceptors (Lipinski definition) is 3. The van der Waals surface area contributed by atoms with E-state index in [4.69, 9.17) is 5.73 Å². The van der Waals surface area contributed by atoms with Crippen molar-refractivity contribution in [3.05, 3.63) is 42.0 Å². The molecular formula is C17H21N3O3. The number of benzene rings is 1. The van der Waals surface area contributed by atoms with Gasteiger partial charge in [-0.3, -0.25) is 14.4 Å². The minimum atomic E-state index is -0.441. The minimum Gasteiger partial charge on any atom is -0.369 e. The molecule has 1 aliphatic carbocycles. The van der Waals surface area contributed by atoms with Crippen molar-refractivity contribution in [2.75, 3.05) is 5.32 Å². The van der Waals surface area contributed by atoms with Crippen molar-refractivity contribution in [1.29, 1.82) is 0 Å². The van der Waals surface area contributed by atoms with Crippen LogP contribution in [0.2, 0.25) is 0 Å². The van der Waals surface area contributed by atoms with Gasteiger partial charge in [-0.05, 0) is 31.9 Å². The Bertz CT molecular complexity index is 622. The van der Waals surface area contributed by atoms with Crippen LogP contribution in [-0.2, 0) is 14.4 Å². The lowest BCUT2D eigenvalue weighted by Gasteiger charge is -2.26. The van der Waals surface area contributed by atoms with E-state index in [1.807, 2.05) is 31.2 Å². The predicted octanol–water partition coefficient (Wildman–Crippen LogP) is 1.26. The third-order valence-corrected chi connectivity index (χ3v) is 3.80. The lowest BCUT2D eigenvalue weighted by atomic mass is 9.88. The van der Waals surface area contributed by atoms with Gasteiger partial charge in [0.05, 0.1) is 5.92 Å². The molecule has 1 aromatic rings. The normalized spacial score (nSPS) is 19.9. The first kappa shape index (κ1) is 16.7. The van der Waals surface area contributed by atoms with Gasteiger partial charge >= 0.3 is 0 Å². The number of nitrogens with two attached hydrogens (primary N) is 1. The van der Waals surface area contributed by atoms with Gasteiger partial charge in [-0.25, -0.2) is 0 Å². The molecule has 0 fully saturated rings. The second-order valence-corrected chi connectivity index (χ2v) is 5.72. The van der Waals surface area contributed by atoms with Gasteiger partial charge in [0, 0.05) is 11.7 Å². The van der Waals surface area contributed by atoms with Crippen molar-refractivity contribution < 1.29 is 14.4 Å². The number of carbonyl (C=O) groups excluding carboxylic acids is 3. The molecule has 1 aliphatic rings. The van der Waals surface area contributed by atoms with Gasteiger partial charge in [0.25, 0.3) is 0 Å². The SMILES string of the molecule is Cc1ccc(NC(=O)CC(=O)N[C@@H]2CC=CC[C@@H]2C(N)=O)cc1. The molecule has 0 radical (unpaired) electrons. The fourth-order valence-electron chi connectivity index (χ4n) is 2.53. The van der Waals surface area contributed by atoms with E-state index in [2.05, 4.69) is 10.6 Å². The van der Waals surface area contributed by atoms with E-state index in [0.717, 1.165) is 5.56 Å². The Labute approximate surface area is 135 Å². The third kappa shape index (κ3) is 4.95. The summed E-state index contributed by atoms with van der Waals surface area (Å²) in [6.07, 6.45) is 4.54. The highest BCUT2D eigenvalue weighted by atomic mass is 16.2. The summed E-state index contributed by atoms with van der Waals surface area (Å²) < 4.78 is 0. The molecule has 0 spiro atoms. The van der Waals surface area contributed by atoms with Crippen LogP contribution in [0.1, 0.15) is 24.8 Å². The summed E-state index contributed by atoms with van der Waals surface area (Å²) in [4.78, 5) is 35.3. The molecule has 6 heteroatoms. The summed E-state index contributed by atoms with van der Waals surface area (Å²) in [5, 5.41) is 5.39. The van der Waals surface area contributed by atoms with E-state index in [1.165, 1.54) is 0 Å². The molecule has 2 rings (SSSR count). The quantitative estimate of drug-likeness (QED) is 0.563. The molecule has 0 saturated heterocycles. The van der Waals surface area contributed by atoms with Crippen LogP contribution >= 0.6 is 0 Å². The fraction of sp³-hybridized carbons (Fsp3) is 0.353. The van der Waals surface area contributed by atoms with Crippen molar-refractivity contribution in [2.45, 2.75) is 32.2 Å². The summed E-state index contributed by atoms with van der Waals surface area (Å²) in [5.41, 5.74) is 7.07. The first-order valence-corrected chi connectivity index (χ1v) is 7.56. The van der Waals surface area contributed by atoms with Gasteiger partial charge in [0.1, 0.15) is 6.42 Å². The van der Waals surface area contributed by atoms with Gasteiger partial charge < -0.3 is 16.4 Å². The van der Waals surface area contributed by atoms with E-state index in [-0.39, 0.29) is 12.5 Å². The van der Waals surface area contributed by atoms with Crippen molar-refractivity contribution >= 4 is 23.4 Å². The molecule has 2 atom stereocenters. The summed E-state index contributed by atoms with van der Waals surface area (Å²) in [6, 6.07) is 6.96. The zero-order chi connectivity index (χ0) is 16.8. The number of hydrogen-bond donors (Lipinski definition) is 3. The van der Waals surface area contributed by atoms with E-state index < -0.39 is 23.6 Å². The lowest BCUT2D eigenvalue weighted by Crippen LogP contribution is -2.46. The maximum absolute atomic E-state index is 12.0. The van der Waals surface area contributed by atoms with Gasteiger partial charge in [-0.1, -0.05) is 29.8 Å². The van der Waals surface area contributed by atoms with Crippen molar-refractivity contribution in [1.82, 2.24) is 5.32 Å². The molecule has 0 saturated carbocycles. The average Bonchev–Trinajstić information content (AvgIpc) is 2.49. The highest BCUT2D eigenvalue weighted by Gasteiger charge is 2.28. The smallest absolute Gasteiger partial charge is 0.233 e. The fourth-order valence-corrected chi connectivity index (χ4v) is 2.53. The van der Waals surface area contributed by atoms with Gasteiger partial charge in [-0.2, -0.15) is 0 Å². The molecule has 6 nitrogen and oxygen atoms in total. The molecule has 0 unspecified atom stereocenters. The summed E-state index contributed by atoms with van der Waals surface area (Å²) in [5.74, 6) is -1.68. The standard InChI is InChI=1S/C17H21N3O3/c1-11-6-8-12(9-7-11)19-15(21)10-16(22)20-14-5-3-2-4-13(14)17(18)23/h2-3,6-9,13-14H,4-5,10H2,1H3,(H2,18,23)(H,19,21)(H,20,22)/t13-,14+/m0/s1. The summed E-state index contributed by atoms with van der Waals surface area (Å²) in [7, 11) is 0. The van der Waals surface area contributed by atoms with Crippen LogP contribution in [-0.4, -0.2) is 23.8 Å². The van der Waals surface area contributed by atoms with Crippen LogP contribution in [0.4, 0.5) is 5.69 Å². The number of aryl methyl sites for hydroxylation is 1. The zero-order valence-corrected chi connectivity index (χ0v) is 13.0. The Balaban J connectivity index is 1.86. The average molecular weight is 315 g/mol. The van der Waals surface area contributed by atoms with Crippen LogP contribution < -0.4 is 16.4 Å². The van der Waals surface area contributed by atoms with E-state index in [9.17, 15) is 14.4 Å². The molecule has 0 aliphatic heterocycles. The molecule has 4 N–H and O–H groups in total. The van der Waals surface area contributed by atoms with Crippen LogP contribution in [0.25, 0.3) is 0 Å². The number of rotatable bonds is 5. The van der Waals surface area contributed by atoms with E-state index in [1.54, 1.807) is 12.1 Å². The first-order valence-electron chi connectivity index (χ1n) is 7.56. The molecule has 23 heavy (non-hydrogen) atoms. The third-order valence-electron chi connectivity index (χ3n) is 3.80. The molecule has 0 bridgehead atoms. The maximum atomic E-state index is 12.0. The Morgan fingerprint density at radius 1 is 1.09 bits per heavy atom. The molecule has 0 aromatic heterocycles. The Morgan fingerprint density at radius 2 is 1.74 bits per heavy atom. The topological polar surface area (TPSA) is 101 Å². The number of primary amides is 1. The molecule has 1 aromatic carbocycles. The van der Waals surface area contributed by atoms with Crippen LogP contribution in [0.3, 0.4) is 0 Å². The molecule has 0 heterocycles. The number of anilines is 1. The number of carbonyl (C=O) groups is 3. The first-order chi connectivity index (χ1) is 11.0. The largest absolute Gasteiger partial charge is 0.369 e.